The first-order valence-electron chi connectivity index (χ1n) is 6.96. The molecule has 0 atom stereocenters. The maximum atomic E-state index is 13.0. The molecule has 1 N–H and O–H groups in total. The van der Waals surface area contributed by atoms with E-state index in [-0.39, 0.29) is 23.1 Å². The van der Waals surface area contributed by atoms with Crippen molar-refractivity contribution in [2.45, 2.75) is 6.92 Å². The molecule has 2 heterocycles. The molecule has 0 bridgehead atoms. The number of nitriles is 1. The van der Waals surface area contributed by atoms with Gasteiger partial charge in [-0.15, -0.1) is 11.3 Å². The zero-order valence-electron chi connectivity index (χ0n) is 12.9. The summed E-state index contributed by atoms with van der Waals surface area (Å²) in [5, 5.41) is 16.4. The normalized spacial score (nSPS) is 10.4. The topological polar surface area (TPSA) is 83.6 Å². The minimum Gasteiger partial charge on any atom is -0.303 e. The van der Waals surface area contributed by atoms with Crippen LogP contribution in [0.25, 0.3) is 10.6 Å². The van der Waals surface area contributed by atoms with E-state index in [9.17, 15) is 9.18 Å². The Hall–Kier alpha value is -3.05. The molecule has 24 heavy (non-hydrogen) atoms. The fraction of sp³-hybridized carbons (Fsp3) is 0.125. The first-order chi connectivity index (χ1) is 11.5. The van der Waals surface area contributed by atoms with Gasteiger partial charge < -0.3 is 5.32 Å². The van der Waals surface area contributed by atoms with E-state index in [2.05, 4.69) is 15.4 Å². The SMILES string of the molecule is Cc1nc(-c2ccc(F)cc2)sc1C(=O)Nc1nn(C)cc1C#N. The molecule has 0 radical (unpaired) electrons. The summed E-state index contributed by atoms with van der Waals surface area (Å²) in [6.07, 6.45) is 1.53. The van der Waals surface area contributed by atoms with E-state index in [1.807, 2.05) is 6.07 Å². The van der Waals surface area contributed by atoms with Crippen molar-refractivity contribution in [1.29, 1.82) is 5.26 Å². The molecular formula is C16H12FN5OS. The summed E-state index contributed by atoms with van der Waals surface area (Å²) >= 11 is 1.20. The average Bonchev–Trinajstić information content (AvgIpc) is 3.10. The van der Waals surface area contributed by atoms with Gasteiger partial charge in [-0.3, -0.25) is 9.48 Å². The van der Waals surface area contributed by atoms with Gasteiger partial charge in [0, 0.05) is 18.8 Å². The van der Waals surface area contributed by atoms with Gasteiger partial charge in [-0.2, -0.15) is 10.4 Å². The van der Waals surface area contributed by atoms with Gasteiger partial charge in [-0.25, -0.2) is 9.37 Å². The Labute approximate surface area is 141 Å². The molecule has 0 aliphatic rings. The highest BCUT2D eigenvalue weighted by Gasteiger charge is 2.19. The van der Waals surface area contributed by atoms with Crippen LogP contribution in [0, 0.1) is 24.1 Å². The summed E-state index contributed by atoms with van der Waals surface area (Å²) in [7, 11) is 1.67. The van der Waals surface area contributed by atoms with Crippen LogP contribution in [0.2, 0.25) is 0 Å². The standard InChI is InChI=1S/C16H12FN5OS/c1-9-13(15(23)20-14-11(7-18)8-22(2)21-14)24-16(19-9)10-3-5-12(17)6-4-10/h3-6,8H,1-2H3,(H,20,21,23). The zero-order valence-corrected chi connectivity index (χ0v) is 13.7. The second kappa shape index (κ2) is 6.22. The van der Waals surface area contributed by atoms with Crippen molar-refractivity contribution >= 4 is 23.1 Å². The Kier molecular flexibility index (Phi) is 4.10. The highest BCUT2D eigenvalue weighted by molar-refractivity contribution is 7.17. The van der Waals surface area contributed by atoms with Crippen molar-refractivity contribution in [3.8, 4) is 16.6 Å². The molecule has 0 saturated carbocycles. The first-order valence-corrected chi connectivity index (χ1v) is 7.78. The monoisotopic (exact) mass is 341 g/mol. The average molecular weight is 341 g/mol. The highest BCUT2D eigenvalue weighted by atomic mass is 32.1. The summed E-state index contributed by atoms with van der Waals surface area (Å²) in [4.78, 5) is 17.2. The molecule has 120 valence electrons. The minimum atomic E-state index is -0.381. The first kappa shape index (κ1) is 15.8. The van der Waals surface area contributed by atoms with Crippen molar-refractivity contribution < 1.29 is 9.18 Å². The van der Waals surface area contributed by atoms with Gasteiger partial charge in [0.1, 0.15) is 27.3 Å². The van der Waals surface area contributed by atoms with Gasteiger partial charge in [0.2, 0.25) is 0 Å². The number of hydrogen-bond donors (Lipinski definition) is 1. The summed E-state index contributed by atoms with van der Waals surface area (Å²) in [5.41, 5.74) is 1.58. The largest absolute Gasteiger partial charge is 0.303 e. The lowest BCUT2D eigenvalue weighted by atomic mass is 10.2. The Bertz CT molecular complexity index is 952. The van der Waals surface area contributed by atoms with Crippen molar-refractivity contribution in [3.63, 3.8) is 0 Å². The second-order valence-electron chi connectivity index (χ2n) is 5.07. The molecule has 0 saturated heterocycles. The van der Waals surface area contributed by atoms with Crippen LogP contribution in [0.4, 0.5) is 10.2 Å². The third kappa shape index (κ3) is 3.02. The van der Waals surface area contributed by atoms with Crippen LogP contribution in [0.1, 0.15) is 20.9 Å². The number of halogens is 1. The van der Waals surface area contributed by atoms with Crippen LogP contribution in [0.15, 0.2) is 30.5 Å². The Morgan fingerprint density at radius 3 is 2.75 bits per heavy atom. The van der Waals surface area contributed by atoms with Crippen molar-refractivity contribution in [3.05, 3.63) is 52.4 Å². The van der Waals surface area contributed by atoms with Crippen LogP contribution in [-0.2, 0) is 7.05 Å². The second-order valence-corrected chi connectivity index (χ2v) is 6.07. The lowest BCUT2D eigenvalue weighted by Gasteiger charge is -2.00. The Morgan fingerprint density at radius 1 is 1.38 bits per heavy atom. The number of aromatic nitrogens is 3. The maximum Gasteiger partial charge on any atom is 0.268 e. The van der Waals surface area contributed by atoms with E-state index in [4.69, 9.17) is 5.26 Å². The van der Waals surface area contributed by atoms with Crippen LogP contribution in [0.3, 0.4) is 0 Å². The molecule has 3 rings (SSSR count). The quantitative estimate of drug-likeness (QED) is 0.793. The molecule has 3 aromatic rings. The number of aryl methyl sites for hydroxylation is 2. The Morgan fingerprint density at radius 2 is 2.08 bits per heavy atom. The number of nitrogens with zero attached hydrogens (tertiary/aromatic N) is 4. The molecule has 6 nitrogen and oxygen atoms in total. The van der Waals surface area contributed by atoms with E-state index in [0.29, 0.717) is 15.6 Å². The molecule has 0 fully saturated rings. The number of thiazole rings is 1. The fourth-order valence-electron chi connectivity index (χ4n) is 2.15. The number of carbonyl (C=O) groups excluding carboxylic acids is 1. The van der Waals surface area contributed by atoms with Crippen LogP contribution < -0.4 is 5.32 Å². The van der Waals surface area contributed by atoms with Gasteiger partial charge in [0.15, 0.2) is 5.82 Å². The van der Waals surface area contributed by atoms with Crippen molar-refractivity contribution in [2.75, 3.05) is 5.32 Å². The molecule has 0 aliphatic heterocycles. The molecule has 1 amide bonds. The van der Waals surface area contributed by atoms with Gasteiger partial charge in [0.25, 0.3) is 5.91 Å². The van der Waals surface area contributed by atoms with Gasteiger partial charge in [-0.1, -0.05) is 0 Å². The van der Waals surface area contributed by atoms with E-state index >= 15 is 0 Å². The number of nitrogens with one attached hydrogen (secondary N) is 1. The highest BCUT2D eigenvalue weighted by Crippen LogP contribution is 2.28. The maximum absolute atomic E-state index is 13.0. The number of hydrogen-bond acceptors (Lipinski definition) is 5. The minimum absolute atomic E-state index is 0.209. The summed E-state index contributed by atoms with van der Waals surface area (Å²) in [5.74, 6) is -0.501. The molecule has 0 spiro atoms. The van der Waals surface area contributed by atoms with Gasteiger partial charge in [-0.05, 0) is 31.2 Å². The third-order valence-corrected chi connectivity index (χ3v) is 4.48. The molecule has 0 unspecified atom stereocenters. The number of benzene rings is 1. The Balaban J connectivity index is 1.88. The van der Waals surface area contributed by atoms with Crippen LogP contribution in [-0.4, -0.2) is 20.7 Å². The van der Waals surface area contributed by atoms with E-state index in [0.717, 1.165) is 5.56 Å². The zero-order chi connectivity index (χ0) is 17.3. The summed E-state index contributed by atoms with van der Waals surface area (Å²) in [6, 6.07) is 7.90. The van der Waals surface area contributed by atoms with Crippen molar-refractivity contribution in [1.82, 2.24) is 14.8 Å². The molecule has 0 aliphatic carbocycles. The number of carbonyl (C=O) groups is 1. The number of rotatable bonds is 3. The van der Waals surface area contributed by atoms with Crippen molar-refractivity contribution in [2.24, 2.45) is 7.05 Å². The lowest BCUT2D eigenvalue weighted by Crippen LogP contribution is -2.13. The van der Waals surface area contributed by atoms with E-state index in [1.165, 1.54) is 34.3 Å². The summed E-state index contributed by atoms with van der Waals surface area (Å²) in [6.45, 7) is 1.72. The van der Waals surface area contributed by atoms with Gasteiger partial charge in [0.05, 0.1) is 5.69 Å². The fourth-order valence-corrected chi connectivity index (χ4v) is 3.12. The third-order valence-electron chi connectivity index (χ3n) is 3.28. The lowest BCUT2D eigenvalue weighted by molar-refractivity contribution is 0.102. The predicted molar refractivity (Wildman–Crippen MR) is 88.1 cm³/mol. The van der Waals surface area contributed by atoms with E-state index in [1.54, 1.807) is 26.1 Å². The van der Waals surface area contributed by atoms with Crippen LogP contribution in [0.5, 0.6) is 0 Å². The smallest absolute Gasteiger partial charge is 0.268 e. The van der Waals surface area contributed by atoms with E-state index < -0.39 is 0 Å². The number of anilines is 1. The molecule has 2 aromatic heterocycles. The van der Waals surface area contributed by atoms with Crippen LogP contribution >= 0.6 is 11.3 Å². The summed E-state index contributed by atoms with van der Waals surface area (Å²) < 4.78 is 14.5. The molecule has 1 aromatic carbocycles. The number of amides is 1. The van der Waals surface area contributed by atoms with Gasteiger partial charge >= 0.3 is 0 Å². The molecular weight excluding hydrogens is 329 g/mol. The molecule has 8 heteroatoms. The predicted octanol–water partition coefficient (Wildman–Crippen LogP) is 3.12.